The highest BCUT2D eigenvalue weighted by Gasteiger charge is 2.34. The zero-order valence-corrected chi connectivity index (χ0v) is 9.46. The van der Waals surface area contributed by atoms with Gasteiger partial charge in [-0.2, -0.15) is 13.2 Å². The predicted molar refractivity (Wildman–Crippen MR) is 59.2 cm³/mol. The lowest BCUT2D eigenvalue weighted by atomic mass is 9.96. The molecule has 0 bridgehead atoms. The summed E-state index contributed by atoms with van der Waals surface area (Å²) in [5, 5.41) is 8.93. The maximum Gasteiger partial charge on any atom is 0.416 e. The highest BCUT2D eigenvalue weighted by Crippen LogP contribution is 2.40. The Hall–Kier alpha value is -1.23. The van der Waals surface area contributed by atoms with Gasteiger partial charge < -0.3 is 10.0 Å². The van der Waals surface area contributed by atoms with Crippen LogP contribution in [0.2, 0.25) is 0 Å². The molecule has 0 aliphatic carbocycles. The van der Waals surface area contributed by atoms with Crippen LogP contribution in [-0.4, -0.2) is 25.3 Å². The molecule has 0 fully saturated rings. The lowest BCUT2D eigenvalue weighted by Crippen LogP contribution is -2.15. The van der Waals surface area contributed by atoms with E-state index >= 15 is 0 Å². The lowest BCUT2D eigenvalue weighted by Gasteiger charge is -2.13. The fourth-order valence-electron chi connectivity index (χ4n) is 2.34. The monoisotopic (exact) mass is 245 g/mol. The van der Waals surface area contributed by atoms with E-state index in [1.54, 1.807) is 0 Å². The van der Waals surface area contributed by atoms with E-state index in [9.17, 15) is 13.2 Å². The quantitative estimate of drug-likeness (QED) is 0.865. The van der Waals surface area contributed by atoms with Crippen molar-refractivity contribution in [2.75, 3.05) is 25.1 Å². The van der Waals surface area contributed by atoms with Crippen molar-refractivity contribution in [1.29, 1.82) is 0 Å². The van der Waals surface area contributed by atoms with Gasteiger partial charge in [0, 0.05) is 31.8 Å². The number of aliphatic hydroxyl groups is 1. The minimum absolute atomic E-state index is 0.00576. The molecular weight excluding hydrogens is 231 g/mol. The van der Waals surface area contributed by atoms with Gasteiger partial charge in [-0.15, -0.1) is 0 Å². The number of hydrogen-bond acceptors (Lipinski definition) is 2. The molecule has 5 heteroatoms. The minimum atomic E-state index is -4.31. The van der Waals surface area contributed by atoms with Crippen LogP contribution in [0.15, 0.2) is 18.2 Å². The molecule has 1 aromatic carbocycles. The second-order valence-corrected chi connectivity index (χ2v) is 4.36. The van der Waals surface area contributed by atoms with Crippen LogP contribution in [0.4, 0.5) is 18.9 Å². The largest absolute Gasteiger partial charge is 0.416 e. The summed E-state index contributed by atoms with van der Waals surface area (Å²) in [4.78, 5) is 1.93. The van der Waals surface area contributed by atoms with Crippen LogP contribution < -0.4 is 4.90 Å². The standard InChI is InChI=1S/C12H14F3NO/c1-16-7-8(4-5-17)10-6-9(12(13,14)15)2-3-11(10)16/h2-3,6,8,17H,4-5,7H2,1H3. The molecule has 1 unspecified atom stereocenters. The summed E-state index contributed by atoms with van der Waals surface area (Å²) in [5.74, 6) is -0.0118. The van der Waals surface area contributed by atoms with Crippen LogP contribution in [0.5, 0.6) is 0 Å². The summed E-state index contributed by atoms with van der Waals surface area (Å²) in [6, 6.07) is 3.82. The Morgan fingerprint density at radius 3 is 2.71 bits per heavy atom. The first kappa shape index (κ1) is 12.2. The molecule has 0 saturated heterocycles. The molecule has 1 aliphatic heterocycles. The van der Waals surface area contributed by atoms with Crippen molar-refractivity contribution in [3.63, 3.8) is 0 Å². The molecule has 0 saturated carbocycles. The molecule has 0 aromatic heterocycles. The Kier molecular flexibility index (Phi) is 3.03. The van der Waals surface area contributed by atoms with Gasteiger partial charge in [-0.25, -0.2) is 0 Å². The maximum absolute atomic E-state index is 12.6. The highest BCUT2D eigenvalue weighted by molar-refractivity contribution is 5.61. The molecule has 17 heavy (non-hydrogen) atoms. The summed E-state index contributed by atoms with van der Waals surface area (Å²) in [6.07, 6.45) is -3.81. The third kappa shape index (κ3) is 2.24. The zero-order valence-electron chi connectivity index (χ0n) is 9.46. The zero-order chi connectivity index (χ0) is 12.6. The molecule has 2 nitrogen and oxygen atoms in total. The van der Waals surface area contributed by atoms with Crippen molar-refractivity contribution in [1.82, 2.24) is 0 Å². The number of benzene rings is 1. The molecule has 1 atom stereocenters. The van der Waals surface area contributed by atoms with Crippen LogP contribution in [-0.2, 0) is 6.18 Å². The van der Waals surface area contributed by atoms with Gasteiger partial charge in [0.25, 0.3) is 0 Å². The number of alkyl halides is 3. The number of halogens is 3. The van der Waals surface area contributed by atoms with Crippen molar-refractivity contribution in [3.05, 3.63) is 29.3 Å². The van der Waals surface area contributed by atoms with Crippen molar-refractivity contribution < 1.29 is 18.3 Å². The van der Waals surface area contributed by atoms with Gasteiger partial charge in [0.2, 0.25) is 0 Å². The van der Waals surface area contributed by atoms with Crippen LogP contribution >= 0.6 is 0 Å². The lowest BCUT2D eigenvalue weighted by molar-refractivity contribution is -0.137. The molecule has 1 heterocycles. The first-order chi connectivity index (χ1) is 7.93. The van der Waals surface area contributed by atoms with E-state index in [1.807, 2.05) is 11.9 Å². The normalized spacial score (nSPS) is 19.6. The van der Waals surface area contributed by atoms with Crippen LogP contribution in [0.3, 0.4) is 0 Å². The second-order valence-electron chi connectivity index (χ2n) is 4.36. The van der Waals surface area contributed by atoms with Crippen LogP contribution in [0.25, 0.3) is 0 Å². The van der Waals surface area contributed by atoms with E-state index in [1.165, 1.54) is 12.1 Å². The summed E-state index contributed by atoms with van der Waals surface area (Å²) in [7, 11) is 1.85. The highest BCUT2D eigenvalue weighted by atomic mass is 19.4. The Labute approximate surface area is 97.7 Å². The predicted octanol–water partition coefficient (Wildman–Crippen LogP) is 2.62. The van der Waals surface area contributed by atoms with Gasteiger partial charge in [0.05, 0.1) is 5.56 Å². The fraction of sp³-hybridized carbons (Fsp3) is 0.500. The first-order valence-electron chi connectivity index (χ1n) is 5.46. The minimum Gasteiger partial charge on any atom is -0.396 e. The Morgan fingerprint density at radius 2 is 2.12 bits per heavy atom. The topological polar surface area (TPSA) is 23.5 Å². The van der Waals surface area contributed by atoms with Crippen molar-refractivity contribution >= 4 is 5.69 Å². The number of fused-ring (bicyclic) bond motifs is 1. The van der Waals surface area contributed by atoms with Gasteiger partial charge in [-0.3, -0.25) is 0 Å². The first-order valence-corrected chi connectivity index (χ1v) is 5.46. The van der Waals surface area contributed by atoms with E-state index in [4.69, 9.17) is 5.11 Å². The Balaban J connectivity index is 2.40. The van der Waals surface area contributed by atoms with Crippen molar-refractivity contribution in [3.8, 4) is 0 Å². The van der Waals surface area contributed by atoms with Crippen molar-refractivity contribution in [2.24, 2.45) is 0 Å². The number of likely N-dealkylation sites (N-methyl/N-ethyl adjacent to an activating group) is 1. The average molecular weight is 245 g/mol. The number of nitrogens with zero attached hydrogens (tertiary/aromatic N) is 1. The molecule has 1 aliphatic rings. The Bertz CT molecular complexity index is 417. The summed E-state index contributed by atoms with van der Waals surface area (Å²) < 4.78 is 37.8. The Morgan fingerprint density at radius 1 is 1.41 bits per heavy atom. The third-order valence-corrected chi connectivity index (χ3v) is 3.18. The van der Waals surface area contributed by atoms with E-state index in [0.29, 0.717) is 18.5 Å². The molecule has 0 radical (unpaired) electrons. The maximum atomic E-state index is 12.6. The molecule has 2 rings (SSSR count). The molecule has 1 aromatic rings. The summed E-state index contributed by atoms with van der Waals surface area (Å²) >= 11 is 0. The van der Waals surface area contributed by atoms with Gasteiger partial charge in [-0.1, -0.05) is 0 Å². The van der Waals surface area contributed by atoms with E-state index in [0.717, 1.165) is 11.8 Å². The van der Waals surface area contributed by atoms with Gasteiger partial charge in [0.1, 0.15) is 0 Å². The summed E-state index contributed by atoms with van der Waals surface area (Å²) in [6.45, 7) is 0.658. The third-order valence-electron chi connectivity index (χ3n) is 3.18. The smallest absolute Gasteiger partial charge is 0.396 e. The van der Waals surface area contributed by atoms with Crippen LogP contribution in [0.1, 0.15) is 23.5 Å². The molecule has 0 spiro atoms. The average Bonchev–Trinajstić information content (AvgIpc) is 2.55. The molecule has 0 amide bonds. The van der Waals surface area contributed by atoms with E-state index < -0.39 is 11.7 Å². The SMILES string of the molecule is CN1CC(CCO)c2cc(C(F)(F)F)ccc21. The van der Waals surface area contributed by atoms with Gasteiger partial charge >= 0.3 is 6.18 Å². The van der Waals surface area contributed by atoms with Gasteiger partial charge in [-0.05, 0) is 30.2 Å². The number of aliphatic hydroxyl groups excluding tert-OH is 1. The number of rotatable bonds is 2. The van der Waals surface area contributed by atoms with Crippen molar-refractivity contribution in [2.45, 2.75) is 18.5 Å². The molecule has 1 N–H and O–H groups in total. The molecule has 94 valence electrons. The van der Waals surface area contributed by atoms with Gasteiger partial charge in [0.15, 0.2) is 0 Å². The van der Waals surface area contributed by atoms with E-state index in [-0.39, 0.29) is 12.5 Å². The fourth-order valence-corrected chi connectivity index (χ4v) is 2.34. The number of hydrogen-bond donors (Lipinski definition) is 1. The molecular formula is C12H14F3NO. The van der Waals surface area contributed by atoms with Crippen LogP contribution in [0, 0.1) is 0 Å². The second kappa shape index (κ2) is 4.22. The summed E-state index contributed by atoms with van der Waals surface area (Å²) in [5.41, 5.74) is 0.905. The van der Waals surface area contributed by atoms with E-state index in [2.05, 4.69) is 0 Å². The number of anilines is 1.